The molecule has 11 rings (SSSR count). The fourth-order valence-corrected chi connectivity index (χ4v) is 9.78. The van der Waals surface area contributed by atoms with Crippen LogP contribution in [0.3, 0.4) is 0 Å². The zero-order chi connectivity index (χ0) is 31.3. The summed E-state index contributed by atoms with van der Waals surface area (Å²) in [6.45, 7) is 0. The topological polar surface area (TPSA) is 29.3 Å². The average Bonchev–Trinajstić information content (AvgIpc) is 3.90. The zero-order valence-corrected chi connectivity index (χ0v) is 27.1. The van der Waals surface area contributed by atoms with Crippen molar-refractivity contribution in [1.29, 1.82) is 0 Å². The lowest BCUT2D eigenvalue weighted by Crippen LogP contribution is -2.10. The van der Waals surface area contributed by atoms with E-state index < -0.39 is 0 Å². The normalized spacial score (nSPS) is 12.2. The Labute approximate surface area is 283 Å². The number of hydrogen-bond acceptors (Lipinski definition) is 5. The molecular weight excluding hydrogens is 625 g/mol. The average molecular weight is 649 g/mol. The number of benzene rings is 7. The molecule has 0 spiro atoms. The molecule has 0 bridgehead atoms. The van der Waals surface area contributed by atoms with E-state index in [0.717, 1.165) is 45.2 Å². The molecule has 0 saturated heterocycles. The SMILES string of the molecule is c1ccc(-c2nc3c(o2)-c2ccc(N(c4ccc5c(c4)sc4ccccc45)c4ccc5c(c4)sc4ccccc45)c4cccc-3c24)cc1. The van der Waals surface area contributed by atoms with Gasteiger partial charge in [0.1, 0.15) is 5.69 Å². The maximum atomic E-state index is 6.49. The van der Waals surface area contributed by atoms with Crippen LogP contribution in [-0.2, 0) is 0 Å². The lowest BCUT2D eigenvalue weighted by Gasteiger charge is -2.27. The predicted molar refractivity (Wildman–Crippen MR) is 204 cm³/mol. The molecule has 3 heterocycles. The van der Waals surface area contributed by atoms with Crippen LogP contribution in [0, 0.1) is 0 Å². The molecule has 3 nitrogen and oxygen atoms in total. The monoisotopic (exact) mass is 648 g/mol. The lowest BCUT2D eigenvalue weighted by atomic mass is 10.0. The first-order valence-electron chi connectivity index (χ1n) is 16.0. The van der Waals surface area contributed by atoms with E-state index >= 15 is 0 Å². The summed E-state index contributed by atoms with van der Waals surface area (Å²) in [5.74, 6) is 1.50. The number of fused-ring (bicyclic) bond motifs is 9. The number of aromatic nitrogens is 1. The summed E-state index contributed by atoms with van der Waals surface area (Å²) in [7, 11) is 0. The number of oxazole rings is 1. The summed E-state index contributed by atoms with van der Waals surface area (Å²) in [5.41, 5.74) is 7.50. The van der Waals surface area contributed by atoms with Crippen LogP contribution in [-0.4, -0.2) is 4.98 Å². The second kappa shape index (κ2) is 9.88. The van der Waals surface area contributed by atoms with Crippen molar-refractivity contribution in [2.24, 2.45) is 0 Å². The summed E-state index contributed by atoms with van der Waals surface area (Å²) in [6, 6.07) is 52.4. The van der Waals surface area contributed by atoms with Gasteiger partial charge in [-0.2, -0.15) is 0 Å². The van der Waals surface area contributed by atoms with E-state index in [1.807, 2.05) is 53.0 Å². The minimum atomic E-state index is 0.655. The maximum Gasteiger partial charge on any atom is 0.227 e. The molecule has 0 radical (unpaired) electrons. The molecule has 0 unspecified atom stereocenters. The van der Waals surface area contributed by atoms with Gasteiger partial charge in [0.15, 0.2) is 5.76 Å². The Morgan fingerprint density at radius 2 is 1.08 bits per heavy atom. The van der Waals surface area contributed by atoms with Gasteiger partial charge in [0.05, 0.1) is 5.69 Å². The molecule has 0 aliphatic heterocycles. The molecule has 10 aromatic rings. The van der Waals surface area contributed by atoms with E-state index in [1.54, 1.807) is 0 Å². The number of hydrogen-bond donors (Lipinski definition) is 0. The first-order chi connectivity index (χ1) is 23.8. The van der Waals surface area contributed by atoms with Gasteiger partial charge in [0.2, 0.25) is 5.89 Å². The number of nitrogens with zero attached hydrogens (tertiary/aromatic N) is 2. The highest BCUT2D eigenvalue weighted by molar-refractivity contribution is 7.26. The molecule has 1 aliphatic rings. The minimum absolute atomic E-state index is 0.655. The summed E-state index contributed by atoms with van der Waals surface area (Å²) >= 11 is 3.71. The largest absolute Gasteiger partial charge is 0.435 e. The van der Waals surface area contributed by atoms with Gasteiger partial charge in [-0.1, -0.05) is 84.9 Å². The lowest BCUT2D eigenvalue weighted by molar-refractivity contribution is 0.590. The molecular formula is C43H24N2OS2. The van der Waals surface area contributed by atoms with Gasteiger partial charge < -0.3 is 9.32 Å². The highest BCUT2D eigenvalue weighted by atomic mass is 32.1. The number of anilines is 3. The first-order valence-corrected chi connectivity index (χ1v) is 17.7. The van der Waals surface area contributed by atoms with Crippen molar-refractivity contribution in [2.75, 3.05) is 4.90 Å². The quantitative estimate of drug-likeness (QED) is 0.190. The minimum Gasteiger partial charge on any atom is -0.435 e. The molecule has 7 aromatic carbocycles. The maximum absolute atomic E-state index is 6.49. The molecule has 48 heavy (non-hydrogen) atoms. The van der Waals surface area contributed by atoms with Gasteiger partial charge in [0, 0.05) is 79.2 Å². The van der Waals surface area contributed by atoms with Crippen LogP contribution in [0.25, 0.3) is 85.2 Å². The third kappa shape index (κ3) is 3.71. The van der Waals surface area contributed by atoms with Crippen molar-refractivity contribution >= 4 is 90.9 Å². The second-order valence-corrected chi connectivity index (χ2v) is 14.5. The summed E-state index contributed by atoms with van der Waals surface area (Å²) in [5, 5.41) is 7.57. The Balaban J connectivity index is 1.14. The predicted octanol–water partition coefficient (Wildman–Crippen LogP) is 13.3. The van der Waals surface area contributed by atoms with Crippen molar-refractivity contribution in [1.82, 2.24) is 4.98 Å². The van der Waals surface area contributed by atoms with Crippen LogP contribution < -0.4 is 4.90 Å². The highest BCUT2D eigenvalue weighted by Crippen LogP contribution is 2.52. The Morgan fingerprint density at radius 3 is 1.77 bits per heavy atom. The van der Waals surface area contributed by atoms with Gasteiger partial charge in [-0.05, 0) is 60.7 Å². The number of thiophene rings is 2. The Morgan fingerprint density at radius 1 is 0.479 bits per heavy atom. The molecule has 0 amide bonds. The number of rotatable bonds is 4. The van der Waals surface area contributed by atoms with E-state index in [1.165, 1.54) is 51.1 Å². The van der Waals surface area contributed by atoms with E-state index in [0.29, 0.717) is 5.89 Å². The van der Waals surface area contributed by atoms with Crippen molar-refractivity contribution in [3.8, 4) is 34.0 Å². The van der Waals surface area contributed by atoms with Gasteiger partial charge in [-0.3, -0.25) is 0 Å². The van der Waals surface area contributed by atoms with Gasteiger partial charge in [0.25, 0.3) is 0 Å². The Bertz CT molecular complexity index is 2770. The summed E-state index contributed by atoms with van der Waals surface area (Å²) in [4.78, 5) is 7.45. The van der Waals surface area contributed by atoms with Crippen molar-refractivity contribution in [3.05, 3.63) is 146 Å². The van der Waals surface area contributed by atoms with E-state index in [2.05, 4.69) is 120 Å². The van der Waals surface area contributed by atoms with Crippen LogP contribution in [0.2, 0.25) is 0 Å². The van der Waals surface area contributed by atoms with Crippen molar-refractivity contribution < 1.29 is 4.42 Å². The fourth-order valence-electron chi connectivity index (χ4n) is 7.50. The molecule has 3 aromatic heterocycles. The van der Waals surface area contributed by atoms with E-state index in [4.69, 9.17) is 9.40 Å². The zero-order valence-electron chi connectivity index (χ0n) is 25.5. The molecule has 5 heteroatoms. The van der Waals surface area contributed by atoms with Gasteiger partial charge in [-0.15, -0.1) is 22.7 Å². The molecule has 0 saturated carbocycles. The van der Waals surface area contributed by atoms with Crippen LogP contribution in [0.1, 0.15) is 0 Å². The standard InChI is InChI=1S/C43H24N2OS2/c1-2-9-25(10-3-1)43-44-41-33-14-8-13-32-35(22-21-34(40(32)33)42(41)46-43)45(26-17-19-30-28-11-4-6-15-36(28)47-38(30)23-26)27-18-20-31-29-12-5-7-16-37(29)48-39(31)24-27/h1-24H. The highest BCUT2D eigenvalue weighted by Gasteiger charge is 2.30. The third-order valence-electron chi connectivity index (χ3n) is 9.65. The van der Waals surface area contributed by atoms with Crippen molar-refractivity contribution in [2.45, 2.75) is 0 Å². The van der Waals surface area contributed by atoms with Crippen molar-refractivity contribution in [3.63, 3.8) is 0 Å². The van der Waals surface area contributed by atoms with Crippen LogP contribution in [0.15, 0.2) is 150 Å². The van der Waals surface area contributed by atoms with E-state index in [-0.39, 0.29) is 0 Å². The molecule has 0 fully saturated rings. The third-order valence-corrected chi connectivity index (χ3v) is 11.9. The first kappa shape index (κ1) is 26.3. The summed E-state index contributed by atoms with van der Waals surface area (Å²) < 4.78 is 11.7. The molecule has 0 atom stereocenters. The van der Waals surface area contributed by atoms with E-state index in [9.17, 15) is 0 Å². The smallest absolute Gasteiger partial charge is 0.227 e. The Hall–Kier alpha value is -5.75. The van der Waals surface area contributed by atoms with Crippen LogP contribution >= 0.6 is 22.7 Å². The fraction of sp³-hybridized carbons (Fsp3) is 0. The van der Waals surface area contributed by atoms with Gasteiger partial charge >= 0.3 is 0 Å². The second-order valence-electron chi connectivity index (χ2n) is 12.3. The van der Waals surface area contributed by atoms with Crippen LogP contribution in [0.5, 0.6) is 0 Å². The molecule has 1 aliphatic carbocycles. The molecule has 224 valence electrons. The Kier molecular flexibility index (Phi) is 5.42. The molecule has 0 N–H and O–H groups in total. The summed E-state index contributed by atoms with van der Waals surface area (Å²) in [6.07, 6.45) is 0. The van der Waals surface area contributed by atoms with Gasteiger partial charge in [-0.25, -0.2) is 4.98 Å². The van der Waals surface area contributed by atoms with Crippen LogP contribution in [0.4, 0.5) is 17.1 Å².